The van der Waals surface area contributed by atoms with Crippen LogP contribution in [0.1, 0.15) is 20.1 Å². The third-order valence-electron chi connectivity index (χ3n) is 3.54. The molecule has 0 aliphatic heterocycles. The van der Waals surface area contributed by atoms with Crippen LogP contribution in [0.2, 0.25) is 0 Å². The Kier molecular flexibility index (Phi) is 5.26. The van der Waals surface area contributed by atoms with Crippen molar-refractivity contribution in [1.82, 2.24) is 4.72 Å². The number of hydrogen-bond acceptors (Lipinski definition) is 4. The van der Waals surface area contributed by atoms with E-state index in [4.69, 9.17) is 0 Å². The largest absolute Gasteiger partial charge is 0.288 e. The molecule has 1 N–H and O–H groups in total. The van der Waals surface area contributed by atoms with Gasteiger partial charge in [-0.25, -0.2) is 21.9 Å². The zero-order valence-electron chi connectivity index (χ0n) is 13.3. The van der Waals surface area contributed by atoms with Gasteiger partial charge in [0, 0.05) is 17.0 Å². The van der Waals surface area contributed by atoms with E-state index in [1.165, 1.54) is 0 Å². The highest BCUT2D eigenvalue weighted by Crippen LogP contribution is 2.21. The van der Waals surface area contributed by atoms with Gasteiger partial charge in [-0.3, -0.25) is 4.79 Å². The van der Waals surface area contributed by atoms with Gasteiger partial charge in [0.25, 0.3) is 0 Å². The summed E-state index contributed by atoms with van der Waals surface area (Å²) in [7, 11) is -4.22. The van der Waals surface area contributed by atoms with Crippen molar-refractivity contribution in [2.75, 3.05) is 0 Å². The van der Waals surface area contributed by atoms with Gasteiger partial charge in [-0.15, -0.1) is 11.3 Å². The minimum Gasteiger partial charge on any atom is -0.288 e. The van der Waals surface area contributed by atoms with Crippen LogP contribution in [0.3, 0.4) is 0 Å². The molecule has 0 bridgehead atoms. The smallest absolute Gasteiger partial charge is 0.243 e. The first-order valence-electron chi connectivity index (χ1n) is 7.50. The number of carbonyl (C=O) groups is 1. The lowest BCUT2D eigenvalue weighted by atomic mass is 10.1. The quantitative estimate of drug-likeness (QED) is 0.649. The maximum Gasteiger partial charge on any atom is 0.243 e. The Morgan fingerprint density at radius 1 is 1.00 bits per heavy atom. The molecule has 134 valence electrons. The van der Waals surface area contributed by atoms with Crippen molar-refractivity contribution in [3.05, 3.63) is 87.6 Å². The number of hydrogen-bond donors (Lipinski definition) is 1. The first-order valence-corrected chi connectivity index (χ1v) is 9.80. The Balaban J connectivity index is 1.74. The third-order valence-corrected chi connectivity index (χ3v) is 6.04. The molecule has 0 saturated heterocycles. The normalized spacial score (nSPS) is 11.5. The van der Waals surface area contributed by atoms with Crippen molar-refractivity contribution in [3.8, 4) is 0 Å². The molecule has 0 fully saturated rings. The number of benzene rings is 2. The van der Waals surface area contributed by atoms with Crippen LogP contribution in [0.4, 0.5) is 8.78 Å². The molecule has 0 aliphatic carbocycles. The number of nitrogens with one attached hydrogen (secondary N) is 1. The fourth-order valence-corrected chi connectivity index (χ4v) is 4.35. The molecule has 3 aromatic rings. The molecule has 0 saturated carbocycles. The van der Waals surface area contributed by atoms with Gasteiger partial charge in [0.15, 0.2) is 0 Å². The summed E-state index contributed by atoms with van der Waals surface area (Å²) >= 11 is 1.13. The summed E-state index contributed by atoms with van der Waals surface area (Å²) in [5, 5.41) is 0. The molecule has 0 radical (unpaired) electrons. The van der Waals surface area contributed by atoms with Crippen molar-refractivity contribution >= 4 is 27.1 Å². The van der Waals surface area contributed by atoms with Crippen LogP contribution in [-0.2, 0) is 16.6 Å². The zero-order chi connectivity index (χ0) is 18.7. The van der Waals surface area contributed by atoms with E-state index in [1.807, 2.05) is 0 Å². The number of carbonyl (C=O) groups excluding carboxylic acids is 1. The maximum absolute atomic E-state index is 13.7. The average Bonchev–Trinajstić information content (AvgIpc) is 3.11. The highest BCUT2D eigenvalue weighted by atomic mass is 32.2. The molecule has 4 nitrogen and oxygen atoms in total. The van der Waals surface area contributed by atoms with Gasteiger partial charge < -0.3 is 0 Å². The summed E-state index contributed by atoms with van der Waals surface area (Å²) in [5.74, 6) is -2.05. The number of thiophene rings is 1. The van der Waals surface area contributed by atoms with Gasteiger partial charge in [0.05, 0.1) is 4.88 Å². The molecule has 1 heterocycles. The Morgan fingerprint density at radius 3 is 2.46 bits per heavy atom. The van der Waals surface area contributed by atoms with Crippen molar-refractivity contribution in [1.29, 1.82) is 0 Å². The SMILES string of the molecule is O=C(c1ccccc1)c1ccc(CNS(=O)(=O)c2cc(F)ccc2F)s1. The van der Waals surface area contributed by atoms with Crippen LogP contribution in [-0.4, -0.2) is 14.2 Å². The van der Waals surface area contributed by atoms with Gasteiger partial charge in [0.2, 0.25) is 15.8 Å². The van der Waals surface area contributed by atoms with Crippen LogP contribution in [0.15, 0.2) is 65.6 Å². The number of ketones is 1. The second-order valence-electron chi connectivity index (χ2n) is 5.36. The van der Waals surface area contributed by atoms with E-state index < -0.39 is 26.6 Å². The van der Waals surface area contributed by atoms with Gasteiger partial charge in [-0.1, -0.05) is 30.3 Å². The van der Waals surface area contributed by atoms with Crippen LogP contribution < -0.4 is 4.72 Å². The van der Waals surface area contributed by atoms with E-state index in [9.17, 15) is 22.0 Å². The lowest BCUT2D eigenvalue weighted by Crippen LogP contribution is -2.24. The highest BCUT2D eigenvalue weighted by molar-refractivity contribution is 7.89. The Morgan fingerprint density at radius 2 is 1.73 bits per heavy atom. The van der Waals surface area contributed by atoms with E-state index in [1.54, 1.807) is 42.5 Å². The molecule has 0 aliphatic rings. The summed E-state index contributed by atoms with van der Waals surface area (Å²) in [6, 6.07) is 14.1. The van der Waals surface area contributed by atoms with Crippen LogP contribution in [0, 0.1) is 11.6 Å². The molecule has 0 atom stereocenters. The summed E-state index contributed by atoms with van der Waals surface area (Å²) in [4.78, 5) is 12.6. The number of sulfonamides is 1. The van der Waals surface area contributed by atoms with Gasteiger partial charge in [0.1, 0.15) is 16.5 Å². The second-order valence-corrected chi connectivity index (χ2v) is 8.26. The Labute approximate surface area is 153 Å². The van der Waals surface area contributed by atoms with E-state index >= 15 is 0 Å². The fraction of sp³-hybridized carbons (Fsp3) is 0.0556. The minimum atomic E-state index is -4.22. The van der Waals surface area contributed by atoms with Crippen molar-refractivity contribution < 1.29 is 22.0 Å². The summed E-state index contributed by atoms with van der Waals surface area (Å²) in [6.07, 6.45) is 0. The van der Waals surface area contributed by atoms with Gasteiger partial charge in [-0.05, 0) is 30.3 Å². The fourth-order valence-electron chi connectivity index (χ4n) is 2.25. The van der Waals surface area contributed by atoms with Crippen molar-refractivity contribution in [3.63, 3.8) is 0 Å². The maximum atomic E-state index is 13.7. The summed E-state index contributed by atoms with van der Waals surface area (Å²) in [5.41, 5.74) is 0.531. The third kappa shape index (κ3) is 4.04. The molecule has 26 heavy (non-hydrogen) atoms. The van der Waals surface area contributed by atoms with Gasteiger partial charge >= 0.3 is 0 Å². The molecule has 2 aromatic carbocycles. The lowest BCUT2D eigenvalue weighted by Gasteiger charge is -2.06. The zero-order valence-corrected chi connectivity index (χ0v) is 14.9. The monoisotopic (exact) mass is 393 g/mol. The topological polar surface area (TPSA) is 63.2 Å². The minimum absolute atomic E-state index is 0.134. The molecule has 3 rings (SSSR count). The van der Waals surface area contributed by atoms with Crippen LogP contribution in [0.5, 0.6) is 0 Å². The van der Waals surface area contributed by atoms with E-state index in [-0.39, 0.29) is 12.3 Å². The van der Waals surface area contributed by atoms with Crippen molar-refractivity contribution in [2.24, 2.45) is 0 Å². The molecular weight excluding hydrogens is 380 g/mol. The predicted molar refractivity (Wildman–Crippen MR) is 94.6 cm³/mol. The van der Waals surface area contributed by atoms with Crippen molar-refractivity contribution in [2.45, 2.75) is 11.4 Å². The number of halogens is 2. The molecule has 1 aromatic heterocycles. The first kappa shape index (κ1) is 18.4. The van der Waals surface area contributed by atoms with Gasteiger partial charge in [-0.2, -0.15) is 0 Å². The molecule has 0 spiro atoms. The highest BCUT2D eigenvalue weighted by Gasteiger charge is 2.20. The van der Waals surface area contributed by atoms with E-state index in [0.717, 1.165) is 23.5 Å². The Bertz CT molecular complexity index is 1050. The second kappa shape index (κ2) is 7.45. The standard InChI is InChI=1S/C18H13F2NO3S2/c19-13-6-8-15(20)17(10-13)26(23,24)21-11-14-7-9-16(25-14)18(22)12-4-2-1-3-5-12/h1-10,21H,11H2. The summed E-state index contributed by atoms with van der Waals surface area (Å²) in [6.45, 7) is -0.134. The van der Waals surface area contributed by atoms with Crippen LogP contribution >= 0.6 is 11.3 Å². The molecule has 0 amide bonds. The molecule has 0 unspecified atom stereocenters. The number of rotatable bonds is 6. The molecular formula is C18H13F2NO3S2. The van der Waals surface area contributed by atoms with E-state index in [2.05, 4.69) is 4.72 Å². The lowest BCUT2D eigenvalue weighted by molar-refractivity contribution is 0.104. The molecule has 8 heteroatoms. The average molecular weight is 393 g/mol. The Hall–Kier alpha value is -2.42. The first-order chi connectivity index (χ1) is 12.4. The summed E-state index contributed by atoms with van der Waals surface area (Å²) < 4.78 is 53.4. The predicted octanol–water partition coefficient (Wildman–Crippen LogP) is 3.74. The van der Waals surface area contributed by atoms with Crippen LogP contribution in [0.25, 0.3) is 0 Å². The van der Waals surface area contributed by atoms with E-state index in [0.29, 0.717) is 21.4 Å².